The standard InChI is InChI=1S/C23H33N3O4/c1-4-25-22(28)26(19-5-6-20(29-3)17(2)15-19)21(27)23(25)9-11-24(12-10-23)16-18-7-13-30-14-8-18/h5-6,15,18H,4,7-14,16H2,1-3H3. The van der Waals surface area contributed by atoms with E-state index in [0.717, 1.165) is 57.0 Å². The lowest BCUT2D eigenvalue weighted by atomic mass is 9.85. The van der Waals surface area contributed by atoms with Gasteiger partial charge in [-0.15, -0.1) is 0 Å². The van der Waals surface area contributed by atoms with Crippen molar-refractivity contribution in [2.24, 2.45) is 5.92 Å². The number of rotatable bonds is 5. The number of hydrogen-bond donors (Lipinski definition) is 0. The Morgan fingerprint density at radius 2 is 1.87 bits per heavy atom. The Morgan fingerprint density at radius 1 is 1.17 bits per heavy atom. The van der Waals surface area contributed by atoms with Gasteiger partial charge in [-0.2, -0.15) is 0 Å². The van der Waals surface area contributed by atoms with Crippen molar-refractivity contribution in [1.82, 2.24) is 9.80 Å². The van der Waals surface area contributed by atoms with Crippen molar-refractivity contribution in [3.8, 4) is 5.75 Å². The van der Waals surface area contributed by atoms with Gasteiger partial charge in [-0.25, -0.2) is 9.69 Å². The largest absolute Gasteiger partial charge is 0.496 e. The highest BCUT2D eigenvalue weighted by Crippen LogP contribution is 2.40. The summed E-state index contributed by atoms with van der Waals surface area (Å²) >= 11 is 0. The number of anilines is 1. The minimum Gasteiger partial charge on any atom is -0.496 e. The zero-order valence-corrected chi connectivity index (χ0v) is 18.4. The van der Waals surface area contributed by atoms with Crippen molar-refractivity contribution in [1.29, 1.82) is 0 Å². The first-order chi connectivity index (χ1) is 14.5. The highest BCUT2D eigenvalue weighted by Gasteiger charge is 2.57. The minimum absolute atomic E-state index is 0.0790. The summed E-state index contributed by atoms with van der Waals surface area (Å²) in [5, 5.41) is 0. The second kappa shape index (κ2) is 8.55. The number of imide groups is 1. The topological polar surface area (TPSA) is 62.3 Å². The van der Waals surface area contributed by atoms with Gasteiger partial charge in [0, 0.05) is 39.4 Å². The number of ether oxygens (including phenoxy) is 2. The first kappa shape index (κ1) is 21.1. The second-order valence-corrected chi connectivity index (χ2v) is 8.71. The van der Waals surface area contributed by atoms with Crippen LogP contribution < -0.4 is 9.64 Å². The predicted molar refractivity (Wildman–Crippen MR) is 115 cm³/mol. The summed E-state index contributed by atoms with van der Waals surface area (Å²) in [5.41, 5.74) is 0.820. The molecule has 0 aromatic heterocycles. The second-order valence-electron chi connectivity index (χ2n) is 8.71. The molecule has 0 atom stereocenters. The van der Waals surface area contributed by atoms with Gasteiger partial charge in [0.1, 0.15) is 11.3 Å². The lowest BCUT2D eigenvalue weighted by Gasteiger charge is -2.43. The van der Waals surface area contributed by atoms with E-state index in [2.05, 4.69) is 4.90 Å². The predicted octanol–water partition coefficient (Wildman–Crippen LogP) is 3.05. The fourth-order valence-electron chi connectivity index (χ4n) is 5.26. The molecule has 1 aromatic carbocycles. The molecule has 7 nitrogen and oxygen atoms in total. The van der Waals surface area contributed by atoms with E-state index in [1.165, 1.54) is 4.90 Å². The molecule has 0 saturated carbocycles. The normalized spacial score (nSPS) is 22.9. The molecule has 0 N–H and O–H groups in total. The number of nitrogens with zero attached hydrogens (tertiary/aromatic N) is 3. The van der Waals surface area contributed by atoms with E-state index < -0.39 is 5.54 Å². The number of benzene rings is 1. The summed E-state index contributed by atoms with van der Waals surface area (Å²) < 4.78 is 10.8. The Kier molecular flexibility index (Phi) is 6.02. The van der Waals surface area contributed by atoms with Gasteiger partial charge in [-0.3, -0.25) is 4.79 Å². The lowest BCUT2D eigenvalue weighted by molar-refractivity contribution is -0.127. The number of carbonyl (C=O) groups is 2. The molecule has 0 aliphatic carbocycles. The van der Waals surface area contributed by atoms with E-state index in [1.807, 2.05) is 26.0 Å². The van der Waals surface area contributed by atoms with Crippen molar-refractivity contribution in [3.63, 3.8) is 0 Å². The van der Waals surface area contributed by atoms with Gasteiger partial charge in [0.05, 0.1) is 12.8 Å². The van der Waals surface area contributed by atoms with Crippen LogP contribution in [0.5, 0.6) is 5.75 Å². The summed E-state index contributed by atoms with van der Waals surface area (Å²) in [6, 6.07) is 5.28. The SMILES string of the molecule is CCN1C(=O)N(c2ccc(OC)c(C)c2)C(=O)C12CCN(CC1CCOCC1)CC2. The number of urea groups is 1. The van der Waals surface area contributed by atoms with Crippen LogP contribution in [0.15, 0.2) is 18.2 Å². The van der Waals surface area contributed by atoms with Gasteiger partial charge in [-0.1, -0.05) is 0 Å². The van der Waals surface area contributed by atoms with Gasteiger partial charge < -0.3 is 19.3 Å². The first-order valence-corrected chi connectivity index (χ1v) is 11.1. The Morgan fingerprint density at radius 3 is 2.47 bits per heavy atom. The fraction of sp³-hybridized carbons (Fsp3) is 0.652. The molecule has 3 heterocycles. The van der Waals surface area contributed by atoms with Crippen molar-refractivity contribution in [2.45, 2.75) is 45.1 Å². The van der Waals surface area contributed by atoms with Crippen molar-refractivity contribution in [2.75, 3.05) is 51.4 Å². The molecule has 1 aromatic rings. The molecule has 3 amide bonds. The number of methoxy groups -OCH3 is 1. The van der Waals surface area contributed by atoms with E-state index in [9.17, 15) is 9.59 Å². The number of likely N-dealkylation sites (N-methyl/N-ethyl adjacent to an activating group) is 1. The van der Waals surface area contributed by atoms with E-state index in [1.54, 1.807) is 18.1 Å². The molecule has 0 unspecified atom stereocenters. The molecular formula is C23H33N3O4. The first-order valence-electron chi connectivity index (χ1n) is 11.1. The minimum atomic E-state index is -0.716. The highest BCUT2D eigenvalue weighted by molar-refractivity contribution is 6.23. The molecule has 1 spiro atoms. The highest BCUT2D eigenvalue weighted by atomic mass is 16.5. The van der Waals surface area contributed by atoms with E-state index >= 15 is 0 Å². The van der Waals surface area contributed by atoms with Gasteiger partial charge in [0.15, 0.2) is 0 Å². The molecule has 0 bridgehead atoms. The maximum absolute atomic E-state index is 13.6. The third kappa shape index (κ3) is 3.58. The quantitative estimate of drug-likeness (QED) is 0.692. The molecule has 3 aliphatic rings. The van der Waals surface area contributed by atoms with Crippen LogP contribution in [0, 0.1) is 12.8 Å². The fourth-order valence-corrected chi connectivity index (χ4v) is 5.26. The summed E-state index contributed by atoms with van der Waals surface area (Å²) in [6.07, 6.45) is 3.62. The van der Waals surface area contributed by atoms with Crippen molar-refractivity contribution >= 4 is 17.6 Å². The monoisotopic (exact) mass is 415 g/mol. The summed E-state index contributed by atoms with van der Waals surface area (Å²) in [4.78, 5) is 32.5. The number of hydrogen-bond acceptors (Lipinski definition) is 5. The molecular weight excluding hydrogens is 382 g/mol. The van der Waals surface area contributed by atoms with E-state index in [4.69, 9.17) is 9.47 Å². The number of piperidine rings is 1. The van der Waals surface area contributed by atoms with E-state index in [-0.39, 0.29) is 11.9 Å². The average Bonchev–Trinajstić information content (AvgIpc) is 2.96. The Labute approximate surface area is 178 Å². The van der Waals surface area contributed by atoms with Crippen LogP contribution in [-0.4, -0.2) is 73.8 Å². The number of amides is 3. The number of likely N-dealkylation sites (tertiary alicyclic amines) is 1. The van der Waals surface area contributed by atoms with Crippen LogP contribution in [-0.2, 0) is 9.53 Å². The van der Waals surface area contributed by atoms with Gasteiger partial charge >= 0.3 is 6.03 Å². The van der Waals surface area contributed by atoms with Crippen LogP contribution >= 0.6 is 0 Å². The van der Waals surface area contributed by atoms with Crippen LogP contribution in [0.4, 0.5) is 10.5 Å². The smallest absolute Gasteiger partial charge is 0.332 e. The third-order valence-electron chi connectivity index (χ3n) is 7.03. The molecule has 164 valence electrons. The Hall–Kier alpha value is -2.12. The number of aryl methyl sites for hydroxylation is 1. The van der Waals surface area contributed by atoms with Gasteiger partial charge in [0.2, 0.25) is 0 Å². The lowest BCUT2D eigenvalue weighted by Crippen LogP contribution is -2.57. The zero-order chi connectivity index (χ0) is 21.3. The zero-order valence-electron chi connectivity index (χ0n) is 18.4. The molecule has 30 heavy (non-hydrogen) atoms. The molecule has 3 saturated heterocycles. The number of carbonyl (C=O) groups excluding carboxylic acids is 2. The maximum Gasteiger partial charge on any atom is 0.332 e. The summed E-state index contributed by atoms with van der Waals surface area (Å²) in [5.74, 6) is 1.35. The molecule has 0 radical (unpaired) electrons. The van der Waals surface area contributed by atoms with Gasteiger partial charge in [-0.05, 0) is 69.2 Å². The van der Waals surface area contributed by atoms with Crippen molar-refractivity contribution < 1.29 is 19.1 Å². The van der Waals surface area contributed by atoms with Crippen LogP contribution in [0.25, 0.3) is 0 Å². The van der Waals surface area contributed by atoms with E-state index in [0.29, 0.717) is 31.0 Å². The van der Waals surface area contributed by atoms with Crippen LogP contribution in [0.3, 0.4) is 0 Å². The van der Waals surface area contributed by atoms with Crippen LogP contribution in [0.2, 0.25) is 0 Å². The maximum atomic E-state index is 13.6. The molecule has 3 fully saturated rings. The van der Waals surface area contributed by atoms with Crippen molar-refractivity contribution in [3.05, 3.63) is 23.8 Å². The third-order valence-corrected chi connectivity index (χ3v) is 7.03. The summed E-state index contributed by atoms with van der Waals surface area (Å²) in [6.45, 7) is 8.90. The molecule has 3 aliphatic heterocycles. The Balaban J connectivity index is 1.51. The summed E-state index contributed by atoms with van der Waals surface area (Å²) in [7, 11) is 1.62. The molecule has 4 rings (SSSR count). The Bertz CT molecular complexity index is 798. The van der Waals surface area contributed by atoms with Gasteiger partial charge in [0.25, 0.3) is 5.91 Å². The average molecular weight is 416 g/mol. The van der Waals surface area contributed by atoms with Crippen LogP contribution in [0.1, 0.15) is 38.2 Å². The molecule has 7 heteroatoms.